The van der Waals surface area contributed by atoms with Crippen molar-refractivity contribution in [3.05, 3.63) is 40.3 Å². The van der Waals surface area contributed by atoms with Gasteiger partial charge in [-0.3, -0.25) is 4.68 Å². The van der Waals surface area contributed by atoms with E-state index in [4.69, 9.17) is 0 Å². The molecule has 0 radical (unpaired) electrons. The lowest BCUT2D eigenvalue weighted by atomic mass is 10.2. The van der Waals surface area contributed by atoms with Crippen molar-refractivity contribution in [3.8, 4) is 0 Å². The average molecular weight is 249 g/mol. The number of thiophene rings is 1. The third-order valence-electron chi connectivity index (χ3n) is 2.45. The fourth-order valence-corrected chi connectivity index (χ4v) is 2.39. The summed E-state index contributed by atoms with van der Waals surface area (Å²) in [4.78, 5) is 1.37. The second-order valence-electron chi connectivity index (χ2n) is 4.65. The van der Waals surface area contributed by atoms with E-state index in [1.807, 2.05) is 10.9 Å². The standard InChI is InChI=1S/C13H19N3S/c1-11(2)9-16-10-12(7-15-16)6-14-8-13-4-3-5-17-13/h3-5,7,10-11,14H,6,8-9H2,1-2H3. The van der Waals surface area contributed by atoms with E-state index in [0.717, 1.165) is 19.6 Å². The van der Waals surface area contributed by atoms with Crippen molar-refractivity contribution in [2.24, 2.45) is 5.92 Å². The lowest BCUT2D eigenvalue weighted by Gasteiger charge is -2.03. The van der Waals surface area contributed by atoms with Crippen LogP contribution < -0.4 is 5.32 Å². The third-order valence-corrected chi connectivity index (χ3v) is 3.32. The van der Waals surface area contributed by atoms with Crippen LogP contribution in [0.15, 0.2) is 29.9 Å². The highest BCUT2D eigenvalue weighted by molar-refractivity contribution is 7.09. The summed E-state index contributed by atoms with van der Waals surface area (Å²) in [6, 6.07) is 4.24. The summed E-state index contributed by atoms with van der Waals surface area (Å²) in [7, 11) is 0. The van der Waals surface area contributed by atoms with Crippen LogP contribution in [0.4, 0.5) is 0 Å². The first kappa shape index (κ1) is 12.3. The summed E-state index contributed by atoms with van der Waals surface area (Å²) >= 11 is 1.79. The molecule has 0 aliphatic heterocycles. The van der Waals surface area contributed by atoms with Crippen LogP contribution in [0.2, 0.25) is 0 Å². The Bertz CT molecular complexity index is 431. The highest BCUT2D eigenvalue weighted by atomic mass is 32.1. The Balaban J connectivity index is 1.77. The predicted molar refractivity (Wildman–Crippen MR) is 71.9 cm³/mol. The van der Waals surface area contributed by atoms with Gasteiger partial charge in [0.15, 0.2) is 0 Å². The van der Waals surface area contributed by atoms with Crippen molar-refractivity contribution in [3.63, 3.8) is 0 Å². The van der Waals surface area contributed by atoms with Gasteiger partial charge in [0.2, 0.25) is 0 Å². The number of hydrogen-bond donors (Lipinski definition) is 1. The van der Waals surface area contributed by atoms with Crippen molar-refractivity contribution in [1.29, 1.82) is 0 Å². The van der Waals surface area contributed by atoms with E-state index < -0.39 is 0 Å². The van der Waals surface area contributed by atoms with Gasteiger partial charge in [0.05, 0.1) is 6.20 Å². The molecule has 2 aromatic heterocycles. The van der Waals surface area contributed by atoms with Gasteiger partial charge >= 0.3 is 0 Å². The normalized spacial score (nSPS) is 11.2. The minimum absolute atomic E-state index is 0.641. The lowest BCUT2D eigenvalue weighted by Crippen LogP contribution is -2.11. The fourth-order valence-electron chi connectivity index (χ4n) is 1.71. The van der Waals surface area contributed by atoms with E-state index in [9.17, 15) is 0 Å². The second kappa shape index (κ2) is 5.98. The monoisotopic (exact) mass is 249 g/mol. The Kier molecular flexibility index (Phi) is 4.34. The first-order valence-corrected chi connectivity index (χ1v) is 6.86. The average Bonchev–Trinajstić information content (AvgIpc) is 2.89. The van der Waals surface area contributed by atoms with E-state index >= 15 is 0 Å². The molecule has 2 rings (SSSR count). The smallest absolute Gasteiger partial charge is 0.0534 e. The molecule has 0 aliphatic rings. The molecule has 3 nitrogen and oxygen atoms in total. The molecule has 0 bridgehead atoms. The van der Waals surface area contributed by atoms with Crippen LogP contribution in [-0.2, 0) is 19.6 Å². The van der Waals surface area contributed by atoms with Gasteiger partial charge in [-0.15, -0.1) is 11.3 Å². The predicted octanol–water partition coefficient (Wildman–Crippen LogP) is 2.89. The van der Waals surface area contributed by atoms with Gasteiger partial charge in [-0.2, -0.15) is 5.10 Å². The van der Waals surface area contributed by atoms with Crippen LogP contribution in [0.1, 0.15) is 24.3 Å². The number of aromatic nitrogens is 2. The maximum atomic E-state index is 4.35. The summed E-state index contributed by atoms with van der Waals surface area (Å²) in [6.45, 7) is 7.22. The van der Waals surface area contributed by atoms with Crippen LogP contribution in [0.3, 0.4) is 0 Å². The van der Waals surface area contributed by atoms with Crippen molar-refractivity contribution in [2.45, 2.75) is 33.5 Å². The molecular formula is C13H19N3S. The topological polar surface area (TPSA) is 29.9 Å². The Morgan fingerprint density at radius 2 is 2.29 bits per heavy atom. The third kappa shape index (κ3) is 3.98. The van der Waals surface area contributed by atoms with Crippen molar-refractivity contribution in [1.82, 2.24) is 15.1 Å². The summed E-state index contributed by atoms with van der Waals surface area (Å²) in [5.41, 5.74) is 1.25. The zero-order valence-corrected chi connectivity index (χ0v) is 11.2. The van der Waals surface area contributed by atoms with Gasteiger partial charge < -0.3 is 5.32 Å². The van der Waals surface area contributed by atoms with Gasteiger partial charge in [-0.05, 0) is 17.4 Å². The number of rotatable bonds is 6. The molecule has 0 amide bonds. The molecular weight excluding hydrogens is 230 g/mol. The first-order valence-electron chi connectivity index (χ1n) is 5.98. The highest BCUT2D eigenvalue weighted by Gasteiger charge is 2.01. The highest BCUT2D eigenvalue weighted by Crippen LogP contribution is 2.08. The fraction of sp³-hybridized carbons (Fsp3) is 0.462. The quantitative estimate of drug-likeness (QED) is 0.853. The van der Waals surface area contributed by atoms with E-state index in [1.165, 1.54) is 10.4 Å². The Labute approximate surface area is 106 Å². The molecule has 0 fully saturated rings. The van der Waals surface area contributed by atoms with Gasteiger partial charge in [-0.25, -0.2) is 0 Å². The van der Waals surface area contributed by atoms with Crippen LogP contribution in [-0.4, -0.2) is 9.78 Å². The molecule has 4 heteroatoms. The van der Waals surface area contributed by atoms with Gasteiger partial charge in [0, 0.05) is 36.3 Å². The summed E-state index contributed by atoms with van der Waals surface area (Å²) < 4.78 is 2.02. The van der Waals surface area contributed by atoms with Crippen LogP contribution in [0.25, 0.3) is 0 Å². The van der Waals surface area contributed by atoms with Crippen LogP contribution in [0, 0.1) is 5.92 Å². The molecule has 17 heavy (non-hydrogen) atoms. The van der Waals surface area contributed by atoms with Crippen molar-refractivity contribution >= 4 is 11.3 Å². The number of hydrogen-bond acceptors (Lipinski definition) is 3. The van der Waals surface area contributed by atoms with E-state index in [-0.39, 0.29) is 0 Å². The van der Waals surface area contributed by atoms with Gasteiger partial charge in [-0.1, -0.05) is 19.9 Å². The van der Waals surface area contributed by atoms with E-state index in [2.05, 4.69) is 48.0 Å². The van der Waals surface area contributed by atoms with E-state index in [0.29, 0.717) is 5.92 Å². The summed E-state index contributed by atoms with van der Waals surface area (Å²) in [6.07, 6.45) is 4.07. The molecule has 1 N–H and O–H groups in total. The minimum Gasteiger partial charge on any atom is -0.308 e. The second-order valence-corrected chi connectivity index (χ2v) is 5.68. The lowest BCUT2D eigenvalue weighted by molar-refractivity contribution is 0.482. The molecule has 0 aliphatic carbocycles. The molecule has 0 atom stereocenters. The molecule has 0 saturated carbocycles. The first-order chi connectivity index (χ1) is 8.24. The Morgan fingerprint density at radius 1 is 1.41 bits per heavy atom. The SMILES string of the molecule is CC(C)Cn1cc(CNCc2cccs2)cn1. The Hall–Kier alpha value is -1.13. The van der Waals surface area contributed by atoms with Gasteiger partial charge in [0.1, 0.15) is 0 Å². The number of nitrogens with one attached hydrogen (secondary N) is 1. The maximum Gasteiger partial charge on any atom is 0.0534 e. The minimum atomic E-state index is 0.641. The maximum absolute atomic E-state index is 4.35. The zero-order valence-electron chi connectivity index (χ0n) is 10.4. The van der Waals surface area contributed by atoms with Gasteiger partial charge in [0.25, 0.3) is 0 Å². The Morgan fingerprint density at radius 3 is 3.00 bits per heavy atom. The summed E-state index contributed by atoms with van der Waals surface area (Å²) in [5.74, 6) is 0.641. The van der Waals surface area contributed by atoms with Crippen LogP contribution >= 0.6 is 11.3 Å². The molecule has 0 unspecified atom stereocenters. The molecule has 2 heterocycles. The zero-order chi connectivity index (χ0) is 12.1. The van der Waals surface area contributed by atoms with Crippen molar-refractivity contribution < 1.29 is 0 Å². The van der Waals surface area contributed by atoms with E-state index in [1.54, 1.807) is 11.3 Å². The van der Waals surface area contributed by atoms with Crippen molar-refractivity contribution in [2.75, 3.05) is 0 Å². The number of nitrogens with zero attached hydrogens (tertiary/aromatic N) is 2. The van der Waals surface area contributed by atoms with Crippen LogP contribution in [0.5, 0.6) is 0 Å². The molecule has 0 saturated heterocycles. The molecule has 0 spiro atoms. The molecule has 2 aromatic rings. The molecule has 92 valence electrons. The summed E-state index contributed by atoms with van der Waals surface area (Å²) in [5, 5.41) is 9.89. The largest absolute Gasteiger partial charge is 0.308 e. The molecule has 0 aromatic carbocycles.